The number of carbonyl (C=O) groups excluding carboxylic acids is 3. The second-order valence-electron chi connectivity index (χ2n) is 7.73. The fourth-order valence-electron chi connectivity index (χ4n) is 3.71. The van der Waals surface area contributed by atoms with E-state index in [9.17, 15) is 14.4 Å². The summed E-state index contributed by atoms with van der Waals surface area (Å²) in [4.78, 5) is 40.6. The van der Waals surface area contributed by atoms with Crippen molar-refractivity contribution in [2.75, 3.05) is 33.3 Å². The van der Waals surface area contributed by atoms with Crippen LogP contribution in [0.3, 0.4) is 0 Å². The van der Waals surface area contributed by atoms with Crippen molar-refractivity contribution in [2.24, 2.45) is 11.8 Å². The topological polar surface area (TPSA) is 79.0 Å². The summed E-state index contributed by atoms with van der Waals surface area (Å²) >= 11 is 0. The van der Waals surface area contributed by atoms with E-state index >= 15 is 0 Å². The Hall–Kier alpha value is -2.57. The van der Waals surface area contributed by atoms with Gasteiger partial charge in [0.05, 0.1) is 19.1 Å². The van der Waals surface area contributed by atoms with Crippen molar-refractivity contribution in [1.82, 2.24) is 15.1 Å². The maximum absolute atomic E-state index is 12.5. The molecule has 1 aromatic carbocycles. The third-order valence-corrected chi connectivity index (χ3v) is 5.72. The molecule has 0 aromatic heterocycles. The van der Waals surface area contributed by atoms with Crippen LogP contribution in [0.5, 0.6) is 5.75 Å². The lowest BCUT2D eigenvalue weighted by Gasteiger charge is -2.44. The summed E-state index contributed by atoms with van der Waals surface area (Å²) in [6.07, 6.45) is 2.66. The fraction of sp³-hybridized carbons (Fsp3) is 0.550. The SMILES string of the molecule is COc1ccc(C(=O)N2CC(N3CC(C(=O)NCC4CC4)CC3=O)C2)cc1. The Morgan fingerprint density at radius 2 is 1.85 bits per heavy atom. The summed E-state index contributed by atoms with van der Waals surface area (Å²) < 4.78 is 5.11. The number of nitrogens with one attached hydrogen (secondary N) is 1. The molecule has 2 saturated heterocycles. The molecule has 2 aliphatic heterocycles. The van der Waals surface area contributed by atoms with Crippen molar-refractivity contribution >= 4 is 17.7 Å². The highest BCUT2D eigenvalue weighted by atomic mass is 16.5. The number of nitrogens with zero attached hydrogens (tertiary/aromatic N) is 2. The molecule has 1 aliphatic carbocycles. The van der Waals surface area contributed by atoms with Crippen molar-refractivity contribution in [2.45, 2.75) is 25.3 Å². The first-order valence-electron chi connectivity index (χ1n) is 9.55. The molecule has 0 bridgehead atoms. The monoisotopic (exact) mass is 371 g/mol. The smallest absolute Gasteiger partial charge is 0.254 e. The average Bonchev–Trinajstić information content (AvgIpc) is 3.40. The van der Waals surface area contributed by atoms with Crippen LogP contribution in [0.25, 0.3) is 0 Å². The third kappa shape index (κ3) is 3.77. The Balaban J connectivity index is 1.27. The Morgan fingerprint density at radius 1 is 1.15 bits per heavy atom. The second-order valence-corrected chi connectivity index (χ2v) is 7.73. The number of hydrogen-bond acceptors (Lipinski definition) is 4. The van der Waals surface area contributed by atoms with Crippen LogP contribution >= 0.6 is 0 Å². The number of carbonyl (C=O) groups is 3. The lowest BCUT2D eigenvalue weighted by Crippen LogP contribution is -2.61. The van der Waals surface area contributed by atoms with Crippen molar-refractivity contribution in [3.8, 4) is 5.75 Å². The number of amides is 3. The largest absolute Gasteiger partial charge is 0.497 e. The zero-order valence-electron chi connectivity index (χ0n) is 15.5. The van der Waals surface area contributed by atoms with Gasteiger partial charge in [0.2, 0.25) is 11.8 Å². The molecule has 2 heterocycles. The van der Waals surface area contributed by atoms with Crippen molar-refractivity contribution in [1.29, 1.82) is 0 Å². The molecule has 1 unspecified atom stereocenters. The molecular weight excluding hydrogens is 346 g/mol. The maximum atomic E-state index is 12.5. The van der Waals surface area contributed by atoms with E-state index in [1.54, 1.807) is 41.2 Å². The molecule has 1 atom stereocenters. The van der Waals surface area contributed by atoms with Gasteiger partial charge in [-0.05, 0) is 43.0 Å². The Labute approximate surface area is 158 Å². The first-order valence-corrected chi connectivity index (χ1v) is 9.55. The molecule has 0 radical (unpaired) electrons. The quantitative estimate of drug-likeness (QED) is 0.806. The molecule has 1 aromatic rings. The van der Waals surface area contributed by atoms with E-state index in [1.165, 1.54) is 12.8 Å². The normalized spacial score (nSPS) is 22.6. The predicted octanol–water partition coefficient (Wildman–Crippen LogP) is 0.894. The summed E-state index contributed by atoms with van der Waals surface area (Å²) in [5.74, 6) is 1.04. The summed E-state index contributed by atoms with van der Waals surface area (Å²) in [7, 11) is 1.59. The molecule has 7 nitrogen and oxygen atoms in total. The van der Waals surface area contributed by atoms with Crippen LogP contribution in [0.15, 0.2) is 24.3 Å². The van der Waals surface area contributed by atoms with Crippen LogP contribution in [0.1, 0.15) is 29.6 Å². The van der Waals surface area contributed by atoms with Crippen LogP contribution in [-0.4, -0.2) is 66.9 Å². The molecule has 4 rings (SSSR count). The number of ether oxygens (including phenoxy) is 1. The van der Waals surface area contributed by atoms with Gasteiger partial charge in [-0.15, -0.1) is 0 Å². The van der Waals surface area contributed by atoms with E-state index < -0.39 is 0 Å². The predicted molar refractivity (Wildman–Crippen MR) is 98.2 cm³/mol. The van der Waals surface area contributed by atoms with Crippen LogP contribution in [0.2, 0.25) is 0 Å². The van der Waals surface area contributed by atoms with Crippen molar-refractivity contribution < 1.29 is 19.1 Å². The lowest BCUT2D eigenvalue weighted by atomic mass is 10.0. The minimum absolute atomic E-state index is 0.0109. The lowest BCUT2D eigenvalue weighted by molar-refractivity contribution is -0.132. The van der Waals surface area contributed by atoms with Gasteiger partial charge in [0.25, 0.3) is 5.91 Å². The molecule has 27 heavy (non-hydrogen) atoms. The van der Waals surface area contributed by atoms with E-state index in [0.717, 1.165) is 6.54 Å². The highest BCUT2D eigenvalue weighted by Crippen LogP contribution is 2.29. The van der Waals surface area contributed by atoms with E-state index in [-0.39, 0.29) is 36.1 Å². The number of methoxy groups -OCH3 is 1. The van der Waals surface area contributed by atoms with Crippen LogP contribution in [0.4, 0.5) is 0 Å². The number of benzene rings is 1. The van der Waals surface area contributed by atoms with Gasteiger partial charge in [0.15, 0.2) is 0 Å². The van der Waals surface area contributed by atoms with E-state index in [0.29, 0.717) is 36.9 Å². The minimum Gasteiger partial charge on any atom is -0.497 e. The summed E-state index contributed by atoms with van der Waals surface area (Å²) in [6.45, 7) is 2.24. The van der Waals surface area contributed by atoms with Crippen LogP contribution < -0.4 is 10.1 Å². The molecule has 0 spiro atoms. The standard InChI is InChI=1S/C20H25N3O4/c1-27-17-6-4-14(5-7-17)20(26)22-11-16(12-22)23-10-15(8-18(23)24)19(25)21-9-13-2-3-13/h4-7,13,15-16H,2-3,8-12H2,1H3,(H,21,25). The highest BCUT2D eigenvalue weighted by molar-refractivity contribution is 5.95. The van der Waals surface area contributed by atoms with Gasteiger partial charge < -0.3 is 19.9 Å². The molecule has 1 saturated carbocycles. The van der Waals surface area contributed by atoms with Crippen LogP contribution in [-0.2, 0) is 9.59 Å². The van der Waals surface area contributed by atoms with Gasteiger partial charge in [-0.25, -0.2) is 0 Å². The Bertz CT molecular complexity index is 738. The summed E-state index contributed by atoms with van der Waals surface area (Å²) in [5.41, 5.74) is 0.610. The Morgan fingerprint density at radius 3 is 2.48 bits per heavy atom. The molecule has 3 amide bonds. The zero-order chi connectivity index (χ0) is 19.0. The third-order valence-electron chi connectivity index (χ3n) is 5.72. The average molecular weight is 371 g/mol. The molecule has 1 N–H and O–H groups in total. The number of hydrogen-bond donors (Lipinski definition) is 1. The number of rotatable bonds is 6. The van der Waals surface area contributed by atoms with Gasteiger partial charge in [0.1, 0.15) is 5.75 Å². The van der Waals surface area contributed by atoms with Gasteiger partial charge in [-0.2, -0.15) is 0 Å². The van der Waals surface area contributed by atoms with Gasteiger partial charge in [-0.3, -0.25) is 14.4 Å². The fourth-order valence-corrected chi connectivity index (χ4v) is 3.71. The maximum Gasteiger partial charge on any atom is 0.254 e. The first-order chi connectivity index (χ1) is 13.0. The summed E-state index contributed by atoms with van der Waals surface area (Å²) in [5, 5.41) is 2.97. The van der Waals surface area contributed by atoms with E-state index in [2.05, 4.69) is 5.32 Å². The first kappa shape index (κ1) is 17.8. The Kier molecular flexibility index (Phi) is 4.76. The van der Waals surface area contributed by atoms with E-state index in [4.69, 9.17) is 4.74 Å². The molecule has 3 fully saturated rings. The highest BCUT2D eigenvalue weighted by Gasteiger charge is 2.43. The molecule has 7 heteroatoms. The number of likely N-dealkylation sites (tertiary alicyclic amines) is 2. The molecule has 144 valence electrons. The minimum atomic E-state index is -0.261. The molecular formula is C20H25N3O4. The second kappa shape index (κ2) is 7.21. The molecule has 3 aliphatic rings. The van der Waals surface area contributed by atoms with Crippen molar-refractivity contribution in [3.05, 3.63) is 29.8 Å². The van der Waals surface area contributed by atoms with Gasteiger partial charge in [0, 0.05) is 38.2 Å². The zero-order valence-corrected chi connectivity index (χ0v) is 15.5. The van der Waals surface area contributed by atoms with Gasteiger partial charge in [-0.1, -0.05) is 0 Å². The van der Waals surface area contributed by atoms with Gasteiger partial charge >= 0.3 is 0 Å². The van der Waals surface area contributed by atoms with Crippen LogP contribution in [0, 0.1) is 11.8 Å². The summed E-state index contributed by atoms with van der Waals surface area (Å²) in [6, 6.07) is 7.03. The van der Waals surface area contributed by atoms with E-state index in [1.807, 2.05) is 0 Å². The van der Waals surface area contributed by atoms with Crippen molar-refractivity contribution in [3.63, 3.8) is 0 Å².